The molecule has 0 N–H and O–H groups in total. The zero-order valence-electron chi connectivity index (χ0n) is 29.7. The highest BCUT2D eigenvalue weighted by Crippen LogP contribution is 2.44. The SMILES string of the molecule is C[Si]1(C)c2ccccc2-c2c(-c3ccccc3)nc(-c3cccc(-c4cccc(-c5c6ccccc6c(-c6ccccc6)c6ccccc56)c4)c3)nc21. The minimum Gasteiger partial charge on any atom is -0.237 e. The molecule has 2 nitrogen and oxygen atoms in total. The van der Waals surface area contributed by atoms with Crippen LogP contribution in [0.15, 0.2) is 182 Å². The topological polar surface area (TPSA) is 25.8 Å². The van der Waals surface area contributed by atoms with Crippen LogP contribution in [-0.4, -0.2) is 18.0 Å². The molecule has 1 aliphatic heterocycles. The Hall–Kier alpha value is -6.42. The van der Waals surface area contributed by atoms with Gasteiger partial charge in [0, 0.05) is 22.0 Å². The number of hydrogen-bond acceptors (Lipinski definition) is 2. The van der Waals surface area contributed by atoms with E-state index in [2.05, 4.69) is 195 Å². The fourth-order valence-corrected chi connectivity index (χ4v) is 11.4. The number of aromatic nitrogens is 2. The molecule has 0 amide bonds. The van der Waals surface area contributed by atoms with Gasteiger partial charge in [0.1, 0.15) is 8.07 Å². The molecule has 0 aliphatic carbocycles. The molecule has 0 saturated heterocycles. The molecule has 0 radical (unpaired) electrons. The van der Waals surface area contributed by atoms with E-state index >= 15 is 0 Å². The van der Waals surface area contributed by atoms with Crippen LogP contribution >= 0.6 is 0 Å². The molecular formula is C50H36N2Si. The van der Waals surface area contributed by atoms with Crippen molar-refractivity contribution in [1.82, 2.24) is 9.97 Å². The van der Waals surface area contributed by atoms with Crippen molar-refractivity contribution in [2.75, 3.05) is 0 Å². The Labute approximate surface area is 311 Å². The quantitative estimate of drug-likeness (QED) is 0.133. The van der Waals surface area contributed by atoms with Gasteiger partial charge in [0.25, 0.3) is 0 Å². The van der Waals surface area contributed by atoms with Gasteiger partial charge in [0.05, 0.1) is 5.69 Å². The molecule has 0 spiro atoms. The molecule has 8 aromatic carbocycles. The van der Waals surface area contributed by atoms with Crippen LogP contribution in [0.5, 0.6) is 0 Å². The highest BCUT2D eigenvalue weighted by molar-refractivity contribution is 7.03. The highest BCUT2D eigenvalue weighted by atomic mass is 28.3. The Balaban J connectivity index is 1.13. The lowest BCUT2D eigenvalue weighted by Gasteiger charge is -2.19. The van der Waals surface area contributed by atoms with Crippen LogP contribution in [0.25, 0.3) is 88.7 Å². The predicted octanol–water partition coefficient (Wildman–Crippen LogP) is 11.9. The summed E-state index contributed by atoms with van der Waals surface area (Å²) < 4.78 is 0. The summed E-state index contributed by atoms with van der Waals surface area (Å²) in [6, 6.07) is 65.7. The molecule has 9 aromatic rings. The van der Waals surface area contributed by atoms with E-state index in [0.29, 0.717) is 0 Å². The Morgan fingerprint density at radius 2 is 0.811 bits per heavy atom. The summed E-state index contributed by atoms with van der Waals surface area (Å²) in [5, 5.41) is 7.67. The maximum absolute atomic E-state index is 5.43. The lowest BCUT2D eigenvalue weighted by atomic mass is 9.85. The van der Waals surface area contributed by atoms with E-state index in [1.54, 1.807) is 0 Å². The minimum absolute atomic E-state index is 0.780. The van der Waals surface area contributed by atoms with Gasteiger partial charge in [-0.2, -0.15) is 0 Å². The van der Waals surface area contributed by atoms with E-state index < -0.39 is 8.07 Å². The van der Waals surface area contributed by atoms with Crippen molar-refractivity contribution in [2.45, 2.75) is 13.1 Å². The summed E-state index contributed by atoms with van der Waals surface area (Å²) in [4.78, 5) is 10.8. The van der Waals surface area contributed by atoms with E-state index in [0.717, 1.165) is 33.8 Å². The van der Waals surface area contributed by atoms with E-state index in [9.17, 15) is 0 Å². The fraction of sp³-hybridized carbons (Fsp3) is 0.0400. The highest BCUT2D eigenvalue weighted by Gasteiger charge is 2.41. The van der Waals surface area contributed by atoms with Crippen molar-refractivity contribution >= 4 is 40.1 Å². The van der Waals surface area contributed by atoms with Gasteiger partial charge in [-0.1, -0.05) is 183 Å². The second-order valence-corrected chi connectivity index (χ2v) is 18.8. The molecule has 0 unspecified atom stereocenters. The number of benzene rings is 8. The maximum atomic E-state index is 5.43. The summed E-state index contributed by atoms with van der Waals surface area (Å²) in [7, 11) is -2.05. The van der Waals surface area contributed by atoms with E-state index in [1.807, 2.05) is 0 Å². The van der Waals surface area contributed by atoms with Gasteiger partial charge >= 0.3 is 0 Å². The molecule has 2 heterocycles. The van der Waals surface area contributed by atoms with Crippen LogP contribution < -0.4 is 10.5 Å². The molecule has 3 heteroatoms. The van der Waals surface area contributed by atoms with Crippen molar-refractivity contribution in [1.29, 1.82) is 0 Å². The van der Waals surface area contributed by atoms with Crippen LogP contribution in [0.3, 0.4) is 0 Å². The van der Waals surface area contributed by atoms with Crippen molar-refractivity contribution < 1.29 is 0 Å². The van der Waals surface area contributed by atoms with Crippen molar-refractivity contribution in [3.8, 4) is 67.2 Å². The second-order valence-electron chi connectivity index (χ2n) is 14.5. The second kappa shape index (κ2) is 12.4. The van der Waals surface area contributed by atoms with Crippen molar-refractivity contribution in [2.24, 2.45) is 0 Å². The number of fused-ring (bicyclic) bond motifs is 5. The first-order valence-electron chi connectivity index (χ1n) is 18.3. The van der Waals surface area contributed by atoms with E-state index in [1.165, 1.54) is 65.4 Å². The molecule has 0 atom stereocenters. The van der Waals surface area contributed by atoms with Crippen LogP contribution in [0.1, 0.15) is 0 Å². The van der Waals surface area contributed by atoms with Gasteiger partial charge in [0.15, 0.2) is 5.82 Å². The van der Waals surface area contributed by atoms with Crippen LogP contribution in [-0.2, 0) is 0 Å². The number of hydrogen-bond donors (Lipinski definition) is 0. The average Bonchev–Trinajstić information content (AvgIpc) is 3.46. The summed E-state index contributed by atoms with van der Waals surface area (Å²) >= 11 is 0. The number of rotatable bonds is 5. The normalized spacial score (nSPS) is 12.9. The predicted molar refractivity (Wildman–Crippen MR) is 226 cm³/mol. The smallest absolute Gasteiger partial charge is 0.159 e. The fourth-order valence-electron chi connectivity index (χ4n) is 8.52. The monoisotopic (exact) mass is 692 g/mol. The van der Waals surface area contributed by atoms with Gasteiger partial charge in [-0.05, 0) is 77.8 Å². The Morgan fingerprint density at radius 3 is 1.43 bits per heavy atom. The first-order chi connectivity index (χ1) is 26.1. The van der Waals surface area contributed by atoms with Crippen LogP contribution in [0.4, 0.5) is 0 Å². The Morgan fingerprint density at radius 1 is 0.358 bits per heavy atom. The first kappa shape index (κ1) is 31.3. The Kier molecular flexibility index (Phi) is 7.31. The van der Waals surface area contributed by atoms with Crippen molar-refractivity contribution in [3.63, 3.8) is 0 Å². The zero-order chi connectivity index (χ0) is 35.5. The minimum atomic E-state index is -2.05. The largest absolute Gasteiger partial charge is 0.237 e. The van der Waals surface area contributed by atoms with Crippen molar-refractivity contribution in [3.05, 3.63) is 182 Å². The third kappa shape index (κ3) is 5.08. The molecular weight excluding hydrogens is 657 g/mol. The third-order valence-corrected chi connectivity index (χ3v) is 14.3. The molecule has 0 saturated carbocycles. The van der Waals surface area contributed by atoms with Gasteiger partial charge in [-0.15, -0.1) is 0 Å². The summed E-state index contributed by atoms with van der Waals surface area (Å²) in [6.45, 7) is 4.84. The lowest BCUT2D eigenvalue weighted by molar-refractivity contribution is 1.21. The van der Waals surface area contributed by atoms with Gasteiger partial charge in [-0.3, -0.25) is 0 Å². The molecule has 1 aliphatic rings. The standard InChI is InChI=1S/C50H36N2Si/c1-53(2)44-30-14-13-29-43(44)47-48(34-19-7-4-8-20-34)51-49(52-50(47)53)38-24-16-22-36(32-38)35-21-15-23-37(31-35)46-41-27-11-9-25-39(41)45(33-17-5-3-6-18-33)40-26-10-12-28-42(40)46/h3-32H,1-2H3. The zero-order valence-corrected chi connectivity index (χ0v) is 30.7. The third-order valence-electron chi connectivity index (χ3n) is 11.0. The molecule has 0 bridgehead atoms. The molecule has 1 aromatic heterocycles. The summed E-state index contributed by atoms with van der Waals surface area (Å²) in [5.74, 6) is 0.780. The molecule has 53 heavy (non-hydrogen) atoms. The van der Waals surface area contributed by atoms with Gasteiger partial charge in [0.2, 0.25) is 0 Å². The first-order valence-corrected chi connectivity index (χ1v) is 21.3. The average molecular weight is 693 g/mol. The Bertz CT molecular complexity index is 2800. The van der Waals surface area contributed by atoms with Gasteiger partial charge < -0.3 is 0 Å². The lowest BCUT2D eigenvalue weighted by Crippen LogP contribution is -2.50. The summed E-state index contributed by atoms with van der Waals surface area (Å²) in [5.41, 5.74) is 12.9. The number of nitrogens with zero attached hydrogens (tertiary/aromatic N) is 2. The maximum Gasteiger partial charge on any atom is 0.159 e. The molecule has 10 rings (SSSR count). The molecule has 0 fully saturated rings. The van der Waals surface area contributed by atoms with E-state index in [4.69, 9.17) is 9.97 Å². The molecule has 250 valence electrons. The van der Waals surface area contributed by atoms with Gasteiger partial charge in [-0.25, -0.2) is 9.97 Å². The van der Waals surface area contributed by atoms with Crippen LogP contribution in [0.2, 0.25) is 13.1 Å². The van der Waals surface area contributed by atoms with Crippen LogP contribution in [0, 0.1) is 0 Å². The van der Waals surface area contributed by atoms with E-state index in [-0.39, 0.29) is 0 Å². The summed E-state index contributed by atoms with van der Waals surface area (Å²) in [6.07, 6.45) is 0.